The second-order valence-electron chi connectivity index (χ2n) is 4.28. The molecule has 0 aliphatic carbocycles. The van der Waals surface area contributed by atoms with Gasteiger partial charge in [-0.25, -0.2) is 0 Å². The molecule has 0 saturated heterocycles. The van der Waals surface area contributed by atoms with Crippen molar-refractivity contribution in [3.63, 3.8) is 0 Å². The molecule has 0 amide bonds. The van der Waals surface area contributed by atoms with E-state index < -0.39 is 11.7 Å². The van der Waals surface area contributed by atoms with Crippen LogP contribution in [0.1, 0.15) is 29.0 Å². The molecule has 0 bridgehead atoms. The first-order valence-electron chi connectivity index (χ1n) is 5.69. The molecule has 1 heterocycles. The first-order chi connectivity index (χ1) is 8.86. The predicted molar refractivity (Wildman–Crippen MR) is 67.0 cm³/mol. The first-order valence-corrected chi connectivity index (χ1v) is 6.12. The fraction of sp³-hybridized carbons (Fsp3) is 0.308. The smallest absolute Gasteiger partial charge is 0.268 e. The molecule has 0 spiro atoms. The van der Waals surface area contributed by atoms with E-state index in [9.17, 15) is 13.2 Å². The van der Waals surface area contributed by atoms with Crippen molar-refractivity contribution in [3.8, 4) is 0 Å². The van der Waals surface area contributed by atoms with Gasteiger partial charge in [0.05, 0.1) is 23.7 Å². The van der Waals surface area contributed by atoms with Gasteiger partial charge in [0.2, 0.25) is 0 Å². The Balaban J connectivity index is 2.11. The average molecular weight is 289 g/mol. The van der Waals surface area contributed by atoms with Gasteiger partial charge in [0.15, 0.2) is 0 Å². The number of hydrogen-bond acceptors (Lipinski definition) is 1. The molecule has 0 aliphatic heterocycles. The number of rotatable bonds is 3. The number of halogens is 4. The number of benzene rings is 1. The maximum atomic E-state index is 12.4. The summed E-state index contributed by atoms with van der Waals surface area (Å²) in [5.41, 5.74) is 0.991. The Bertz CT molecular complexity index is 544. The van der Waals surface area contributed by atoms with E-state index in [4.69, 9.17) is 11.6 Å². The van der Waals surface area contributed by atoms with Crippen molar-refractivity contribution in [3.05, 3.63) is 53.3 Å². The summed E-state index contributed by atoms with van der Waals surface area (Å²) in [6.45, 7) is 2.25. The summed E-state index contributed by atoms with van der Waals surface area (Å²) in [6.07, 6.45) is -0.859. The van der Waals surface area contributed by atoms with Crippen LogP contribution in [0.5, 0.6) is 0 Å². The zero-order valence-electron chi connectivity index (χ0n) is 10.2. The highest BCUT2D eigenvalue weighted by molar-refractivity contribution is 6.20. The van der Waals surface area contributed by atoms with Crippen LogP contribution in [0.3, 0.4) is 0 Å². The lowest BCUT2D eigenvalue weighted by atomic mass is 10.1. The summed E-state index contributed by atoms with van der Waals surface area (Å²) in [6, 6.07) is 5.05. The number of aromatic nitrogens is 2. The minimum absolute atomic E-state index is 0.138. The topological polar surface area (TPSA) is 17.8 Å². The number of nitrogens with zero attached hydrogens (tertiary/aromatic N) is 2. The second-order valence-corrected chi connectivity index (χ2v) is 4.94. The number of alkyl halides is 4. The Labute approximate surface area is 113 Å². The first kappa shape index (κ1) is 13.9. The van der Waals surface area contributed by atoms with Crippen molar-refractivity contribution in [2.24, 2.45) is 0 Å². The lowest BCUT2D eigenvalue weighted by Gasteiger charge is -2.07. The molecule has 1 aromatic heterocycles. The van der Waals surface area contributed by atoms with Gasteiger partial charge in [-0.1, -0.05) is 12.1 Å². The zero-order chi connectivity index (χ0) is 14.0. The standard InChI is InChI=1S/C13H12ClF3N2/c1-9(14)11-6-18-19(8-11)7-10-2-4-12(5-3-10)13(15,16)17/h2-6,8-9H,7H2,1H3. The Morgan fingerprint density at radius 2 is 1.89 bits per heavy atom. The van der Waals surface area contributed by atoms with Crippen LogP contribution >= 0.6 is 11.6 Å². The van der Waals surface area contributed by atoms with Gasteiger partial charge < -0.3 is 0 Å². The predicted octanol–water partition coefficient (Wildman–Crippen LogP) is 4.25. The Morgan fingerprint density at radius 3 is 2.37 bits per heavy atom. The third-order valence-corrected chi connectivity index (χ3v) is 2.99. The molecule has 102 valence electrons. The summed E-state index contributed by atoms with van der Waals surface area (Å²) in [5, 5.41) is 3.98. The van der Waals surface area contributed by atoms with Crippen LogP contribution in [0.15, 0.2) is 36.7 Å². The Hall–Kier alpha value is -1.49. The lowest BCUT2D eigenvalue weighted by Crippen LogP contribution is -2.05. The monoisotopic (exact) mass is 288 g/mol. The molecular formula is C13H12ClF3N2. The largest absolute Gasteiger partial charge is 0.416 e. The van der Waals surface area contributed by atoms with Gasteiger partial charge in [-0.3, -0.25) is 4.68 Å². The normalized spacial score (nSPS) is 13.5. The minimum Gasteiger partial charge on any atom is -0.268 e. The van der Waals surface area contributed by atoms with Crippen LogP contribution in [-0.2, 0) is 12.7 Å². The third-order valence-electron chi connectivity index (χ3n) is 2.74. The van der Waals surface area contributed by atoms with E-state index in [0.29, 0.717) is 6.54 Å². The van der Waals surface area contributed by atoms with Gasteiger partial charge in [0, 0.05) is 11.8 Å². The molecule has 2 rings (SSSR count). The van der Waals surface area contributed by atoms with Crippen LogP contribution in [0.2, 0.25) is 0 Å². The molecule has 0 radical (unpaired) electrons. The highest BCUT2D eigenvalue weighted by Crippen LogP contribution is 2.29. The molecular weight excluding hydrogens is 277 g/mol. The fourth-order valence-electron chi connectivity index (χ4n) is 1.66. The van der Waals surface area contributed by atoms with E-state index in [-0.39, 0.29) is 5.38 Å². The fourth-order valence-corrected chi connectivity index (χ4v) is 1.77. The summed E-state index contributed by atoms with van der Waals surface area (Å²) in [5.74, 6) is 0. The van der Waals surface area contributed by atoms with Crippen molar-refractivity contribution in [2.75, 3.05) is 0 Å². The molecule has 2 nitrogen and oxygen atoms in total. The molecule has 6 heteroatoms. The van der Waals surface area contributed by atoms with Gasteiger partial charge in [-0.2, -0.15) is 18.3 Å². The molecule has 1 atom stereocenters. The van der Waals surface area contributed by atoms with Crippen LogP contribution in [0.4, 0.5) is 13.2 Å². The van der Waals surface area contributed by atoms with Gasteiger partial charge in [0.25, 0.3) is 0 Å². The van der Waals surface area contributed by atoms with Crippen molar-refractivity contribution >= 4 is 11.6 Å². The molecule has 0 N–H and O–H groups in total. The number of hydrogen-bond donors (Lipinski definition) is 0. The minimum atomic E-state index is -4.30. The van der Waals surface area contributed by atoms with E-state index in [1.54, 1.807) is 17.1 Å². The molecule has 1 unspecified atom stereocenters. The lowest BCUT2D eigenvalue weighted by molar-refractivity contribution is -0.137. The molecule has 1 aromatic carbocycles. The van der Waals surface area contributed by atoms with Gasteiger partial charge in [-0.05, 0) is 24.6 Å². The van der Waals surface area contributed by atoms with E-state index in [1.165, 1.54) is 12.1 Å². The van der Waals surface area contributed by atoms with E-state index in [2.05, 4.69) is 5.10 Å². The van der Waals surface area contributed by atoms with Crippen molar-refractivity contribution in [1.82, 2.24) is 9.78 Å². The van der Waals surface area contributed by atoms with Gasteiger partial charge >= 0.3 is 6.18 Å². The van der Waals surface area contributed by atoms with Crippen LogP contribution in [0.25, 0.3) is 0 Å². The second kappa shape index (κ2) is 5.25. The molecule has 0 fully saturated rings. The maximum absolute atomic E-state index is 12.4. The molecule has 19 heavy (non-hydrogen) atoms. The Morgan fingerprint density at radius 1 is 1.26 bits per heavy atom. The van der Waals surface area contributed by atoms with Crippen molar-refractivity contribution in [2.45, 2.75) is 25.0 Å². The molecule has 2 aromatic rings. The van der Waals surface area contributed by atoms with Crippen LogP contribution in [-0.4, -0.2) is 9.78 Å². The average Bonchev–Trinajstić information content (AvgIpc) is 2.77. The highest BCUT2D eigenvalue weighted by Gasteiger charge is 2.29. The van der Waals surface area contributed by atoms with Crippen molar-refractivity contribution in [1.29, 1.82) is 0 Å². The highest BCUT2D eigenvalue weighted by atomic mass is 35.5. The summed E-state index contributed by atoms with van der Waals surface area (Å²) >= 11 is 5.91. The quantitative estimate of drug-likeness (QED) is 0.772. The molecule has 0 aliphatic rings. The SMILES string of the molecule is CC(Cl)c1cnn(Cc2ccc(C(F)(F)F)cc2)c1. The summed E-state index contributed by atoms with van der Waals surface area (Å²) in [4.78, 5) is 0. The van der Waals surface area contributed by atoms with Crippen LogP contribution < -0.4 is 0 Å². The van der Waals surface area contributed by atoms with Crippen LogP contribution in [0, 0.1) is 0 Å². The van der Waals surface area contributed by atoms with E-state index in [1.807, 2.05) is 6.92 Å². The maximum Gasteiger partial charge on any atom is 0.416 e. The van der Waals surface area contributed by atoms with Crippen molar-refractivity contribution < 1.29 is 13.2 Å². The summed E-state index contributed by atoms with van der Waals surface area (Å²) in [7, 11) is 0. The summed E-state index contributed by atoms with van der Waals surface area (Å²) < 4.78 is 38.9. The zero-order valence-corrected chi connectivity index (χ0v) is 10.9. The Kier molecular flexibility index (Phi) is 3.85. The van der Waals surface area contributed by atoms with E-state index >= 15 is 0 Å². The van der Waals surface area contributed by atoms with Gasteiger partial charge in [-0.15, -0.1) is 11.6 Å². The third kappa shape index (κ3) is 3.50. The van der Waals surface area contributed by atoms with E-state index in [0.717, 1.165) is 23.3 Å². The van der Waals surface area contributed by atoms with Gasteiger partial charge in [0.1, 0.15) is 0 Å². The molecule has 0 saturated carbocycles.